The number of rotatable bonds is 4. The molecule has 7 heteroatoms. The van der Waals surface area contributed by atoms with E-state index in [2.05, 4.69) is 15.3 Å². The summed E-state index contributed by atoms with van der Waals surface area (Å²) in [4.78, 5) is 20.4. The highest BCUT2D eigenvalue weighted by molar-refractivity contribution is 7.17. The van der Waals surface area contributed by atoms with Crippen LogP contribution in [-0.2, 0) is 4.74 Å². The van der Waals surface area contributed by atoms with Gasteiger partial charge in [0.2, 0.25) is 5.89 Å². The minimum Gasteiger partial charge on any atom is -0.465 e. The van der Waals surface area contributed by atoms with Crippen molar-refractivity contribution in [2.75, 3.05) is 12.4 Å². The number of nitrogens with zero attached hydrogens (tertiary/aromatic N) is 2. The minimum atomic E-state index is -0.373. The summed E-state index contributed by atoms with van der Waals surface area (Å²) < 4.78 is 10.1. The van der Waals surface area contributed by atoms with Gasteiger partial charge in [-0.1, -0.05) is 11.3 Å². The highest BCUT2D eigenvalue weighted by atomic mass is 32.1. The average Bonchev–Trinajstić information content (AvgIpc) is 2.95. The first-order valence-corrected chi connectivity index (χ1v) is 6.57. The van der Waals surface area contributed by atoms with Gasteiger partial charge >= 0.3 is 5.97 Å². The van der Waals surface area contributed by atoms with Gasteiger partial charge in [-0.15, -0.1) is 0 Å². The third-order valence-corrected chi connectivity index (χ3v) is 3.59. The molecule has 1 unspecified atom stereocenters. The van der Waals surface area contributed by atoms with E-state index in [1.54, 1.807) is 13.1 Å². The van der Waals surface area contributed by atoms with Crippen LogP contribution >= 0.6 is 11.3 Å². The molecule has 0 aliphatic heterocycles. The van der Waals surface area contributed by atoms with Crippen LogP contribution in [-0.4, -0.2) is 23.0 Å². The summed E-state index contributed by atoms with van der Waals surface area (Å²) in [5.74, 6) is 0.974. The number of aryl methyl sites for hydroxylation is 2. The molecular formula is C12H15N3O3S. The number of anilines is 1. The lowest BCUT2D eigenvalue weighted by atomic mass is 10.3. The Morgan fingerprint density at radius 2 is 2.26 bits per heavy atom. The molecule has 2 aromatic rings. The molecule has 102 valence electrons. The normalized spacial score (nSPS) is 12.2. The lowest BCUT2D eigenvalue weighted by Crippen LogP contribution is -2.06. The third kappa shape index (κ3) is 2.93. The molecular weight excluding hydrogens is 266 g/mol. The van der Waals surface area contributed by atoms with Crippen LogP contribution in [0.2, 0.25) is 0 Å². The van der Waals surface area contributed by atoms with Crippen molar-refractivity contribution in [3.05, 3.63) is 28.4 Å². The SMILES string of the molecule is COC(=O)c1sc(NC(C)c2ncc(C)o2)nc1C. The fourth-order valence-corrected chi connectivity index (χ4v) is 2.53. The number of carbonyl (C=O) groups is 1. The van der Waals surface area contributed by atoms with Gasteiger partial charge in [0.05, 0.1) is 19.0 Å². The Morgan fingerprint density at radius 1 is 1.53 bits per heavy atom. The number of hydrogen-bond acceptors (Lipinski definition) is 7. The van der Waals surface area contributed by atoms with Gasteiger partial charge < -0.3 is 14.5 Å². The van der Waals surface area contributed by atoms with Gasteiger partial charge in [0, 0.05) is 0 Å². The minimum absolute atomic E-state index is 0.121. The molecule has 2 aromatic heterocycles. The summed E-state index contributed by atoms with van der Waals surface area (Å²) in [7, 11) is 1.35. The van der Waals surface area contributed by atoms with Crippen molar-refractivity contribution < 1.29 is 13.9 Å². The molecule has 0 aromatic carbocycles. The molecule has 0 bridgehead atoms. The summed E-state index contributed by atoms with van der Waals surface area (Å²) in [6.07, 6.45) is 1.67. The molecule has 0 saturated heterocycles. The molecule has 1 N–H and O–H groups in total. The standard InChI is InChI=1S/C12H15N3O3S/c1-6-5-13-10(18-6)8(3)15-12-14-7(2)9(19-12)11(16)17-4/h5,8H,1-4H3,(H,14,15). The van der Waals surface area contributed by atoms with Crippen molar-refractivity contribution in [3.63, 3.8) is 0 Å². The van der Waals surface area contributed by atoms with E-state index in [0.717, 1.165) is 5.76 Å². The number of carbonyl (C=O) groups excluding carboxylic acids is 1. The zero-order valence-electron chi connectivity index (χ0n) is 11.2. The number of ether oxygens (including phenoxy) is 1. The van der Waals surface area contributed by atoms with Gasteiger partial charge in [0.25, 0.3) is 0 Å². The van der Waals surface area contributed by atoms with E-state index in [4.69, 9.17) is 9.15 Å². The number of methoxy groups -OCH3 is 1. The fraction of sp³-hybridized carbons (Fsp3) is 0.417. The summed E-state index contributed by atoms with van der Waals surface area (Å²) in [6.45, 7) is 5.53. The molecule has 2 heterocycles. The molecule has 0 spiro atoms. The summed E-state index contributed by atoms with van der Waals surface area (Å²) in [6, 6.07) is -0.121. The van der Waals surface area contributed by atoms with Crippen LogP contribution in [0, 0.1) is 13.8 Å². The van der Waals surface area contributed by atoms with Crippen molar-refractivity contribution in [2.24, 2.45) is 0 Å². The van der Waals surface area contributed by atoms with Gasteiger partial charge in [-0.05, 0) is 20.8 Å². The molecule has 0 fully saturated rings. The van der Waals surface area contributed by atoms with Crippen LogP contribution in [0.3, 0.4) is 0 Å². The topological polar surface area (TPSA) is 77.2 Å². The lowest BCUT2D eigenvalue weighted by Gasteiger charge is -2.07. The summed E-state index contributed by atoms with van der Waals surface area (Å²) >= 11 is 1.26. The molecule has 0 amide bonds. The Hall–Kier alpha value is -1.89. The molecule has 0 aliphatic carbocycles. The van der Waals surface area contributed by atoms with Crippen LogP contribution in [0.1, 0.15) is 40.0 Å². The number of aromatic nitrogens is 2. The number of thiazole rings is 1. The van der Waals surface area contributed by atoms with Gasteiger partial charge in [0.15, 0.2) is 5.13 Å². The number of hydrogen-bond donors (Lipinski definition) is 1. The van der Waals surface area contributed by atoms with E-state index in [0.29, 0.717) is 21.6 Å². The van der Waals surface area contributed by atoms with Crippen LogP contribution in [0.5, 0.6) is 0 Å². The Bertz CT molecular complexity index is 591. The smallest absolute Gasteiger partial charge is 0.350 e. The average molecular weight is 281 g/mol. The maximum atomic E-state index is 11.5. The van der Waals surface area contributed by atoms with Gasteiger partial charge in [-0.2, -0.15) is 0 Å². The fourth-order valence-electron chi connectivity index (χ4n) is 1.56. The molecule has 0 radical (unpaired) electrons. The van der Waals surface area contributed by atoms with Gasteiger partial charge in [-0.3, -0.25) is 0 Å². The Balaban J connectivity index is 2.13. The monoisotopic (exact) mass is 281 g/mol. The second kappa shape index (κ2) is 5.40. The van der Waals surface area contributed by atoms with Gasteiger partial charge in [-0.25, -0.2) is 14.8 Å². The number of oxazole rings is 1. The second-order valence-corrected chi connectivity index (χ2v) is 5.10. The zero-order chi connectivity index (χ0) is 14.0. The van der Waals surface area contributed by atoms with Crippen LogP contribution < -0.4 is 5.32 Å². The third-order valence-electron chi connectivity index (χ3n) is 2.52. The molecule has 0 aliphatic rings. The highest BCUT2D eigenvalue weighted by Gasteiger charge is 2.18. The van der Waals surface area contributed by atoms with Crippen LogP contribution in [0.4, 0.5) is 5.13 Å². The number of nitrogens with one attached hydrogen (secondary N) is 1. The Labute approximate surface area is 114 Å². The van der Waals surface area contributed by atoms with Crippen molar-refractivity contribution >= 4 is 22.4 Å². The molecule has 1 atom stereocenters. The van der Waals surface area contributed by atoms with E-state index >= 15 is 0 Å². The first-order valence-electron chi connectivity index (χ1n) is 5.76. The first kappa shape index (κ1) is 13.5. The predicted molar refractivity (Wildman–Crippen MR) is 71.5 cm³/mol. The van der Waals surface area contributed by atoms with Crippen molar-refractivity contribution in [2.45, 2.75) is 26.8 Å². The van der Waals surface area contributed by atoms with Crippen LogP contribution in [0.25, 0.3) is 0 Å². The van der Waals surface area contributed by atoms with Crippen molar-refractivity contribution in [1.82, 2.24) is 9.97 Å². The molecule has 6 nitrogen and oxygen atoms in total. The largest absolute Gasteiger partial charge is 0.465 e. The number of esters is 1. The summed E-state index contributed by atoms with van der Waals surface area (Å²) in [5.41, 5.74) is 0.648. The lowest BCUT2D eigenvalue weighted by molar-refractivity contribution is 0.0605. The first-order chi connectivity index (χ1) is 9.01. The Morgan fingerprint density at radius 3 is 2.84 bits per heavy atom. The zero-order valence-corrected chi connectivity index (χ0v) is 12.0. The quantitative estimate of drug-likeness (QED) is 0.868. The van der Waals surface area contributed by atoms with E-state index < -0.39 is 0 Å². The van der Waals surface area contributed by atoms with Crippen LogP contribution in [0.15, 0.2) is 10.6 Å². The maximum absolute atomic E-state index is 11.5. The van der Waals surface area contributed by atoms with E-state index in [1.807, 2.05) is 13.8 Å². The predicted octanol–water partition coefficient (Wildman–Crippen LogP) is 2.71. The van der Waals surface area contributed by atoms with Gasteiger partial charge in [0.1, 0.15) is 16.7 Å². The molecule has 19 heavy (non-hydrogen) atoms. The van der Waals surface area contributed by atoms with E-state index in [-0.39, 0.29) is 12.0 Å². The summed E-state index contributed by atoms with van der Waals surface area (Å²) in [5, 5.41) is 3.80. The molecule has 0 saturated carbocycles. The van der Waals surface area contributed by atoms with E-state index in [1.165, 1.54) is 18.4 Å². The Kier molecular flexibility index (Phi) is 3.84. The van der Waals surface area contributed by atoms with Crippen molar-refractivity contribution in [3.8, 4) is 0 Å². The maximum Gasteiger partial charge on any atom is 0.350 e. The second-order valence-electron chi connectivity index (χ2n) is 4.10. The van der Waals surface area contributed by atoms with E-state index in [9.17, 15) is 4.79 Å². The molecule has 2 rings (SSSR count). The highest BCUT2D eigenvalue weighted by Crippen LogP contribution is 2.26. The van der Waals surface area contributed by atoms with Crippen molar-refractivity contribution in [1.29, 1.82) is 0 Å².